The molecule has 24 heavy (non-hydrogen) atoms. The molecule has 3 amide bonds. The van der Waals surface area contributed by atoms with Crippen molar-refractivity contribution < 1.29 is 14.7 Å². The highest BCUT2D eigenvalue weighted by molar-refractivity contribution is 5.81. The Kier molecular flexibility index (Phi) is 4.76. The molecule has 1 unspecified atom stereocenters. The maximum Gasteiger partial charge on any atom is 0.317 e. The molecular weight excluding hydrogens is 306 g/mol. The van der Waals surface area contributed by atoms with Gasteiger partial charge in [0.15, 0.2) is 0 Å². The van der Waals surface area contributed by atoms with Gasteiger partial charge in [-0.25, -0.2) is 4.79 Å². The highest BCUT2D eigenvalue weighted by atomic mass is 16.3. The van der Waals surface area contributed by atoms with Gasteiger partial charge in [-0.3, -0.25) is 4.79 Å². The Bertz CT molecular complexity index is 597. The standard InChI is InChI=1S/C18H25N3O3/c1-2-20-13-15(12-16(20)22)19-17(23)21-10-8-18(24,9-11-21)14-6-4-3-5-7-14/h3-7,15,24H,2,8-13H2,1H3,(H,19,23). The summed E-state index contributed by atoms with van der Waals surface area (Å²) in [5, 5.41) is 13.8. The van der Waals surface area contributed by atoms with E-state index in [4.69, 9.17) is 0 Å². The van der Waals surface area contributed by atoms with Crippen molar-refractivity contribution in [2.45, 2.75) is 37.8 Å². The fourth-order valence-electron chi connectivity index (χ4n) is 3.56. The second kappa shape index (κ2) is 6.81. The number of amides is 3. The van der Waals surface area contributed by atoms with Gasteiger partial charge in [0, 0.05) is 32.6 Å². The second-order valence-electron chi connectivity index (χ2n) is 6.67. The predicted molar refractivity (Wildman–Crippen MR) is 90.3 cm³/mol. The van der Waals surface area contributed by atoms with E-state index in [9.17, 15) is 14.7 Å². The number of hydrogen-bond acceptors (Lipinski definition) is 3. The molecule has 1 aromatic carbocycles. The van der Waals surface area contributed by atoms with Gasteiger partial charge in [0.2, 0.25) is 5.91 Å². The molecule has 6 heteroatoms. The van der Waals surface area contributed by atoms with E-state index >= 15 is 0 Å². The van der Waals surface area contributed by atoms with Gasteiger partial charge in [-0.1, -0.05) is 30.3 Å². The molecule has 2 saturated heterocycles. The fraction of sp³-hybridized carbons (Fsp3) is 0.556. The summed E-state index contributed by atoms with van der Waals surface area (Å²) >= 11 is 0. The first-order chi connectivity index (χ1) is 11.5. The monoisotopic (exact) mass is 331 g/mol. The molecule has 2 N–H and O–H groups in total. The molecule has 0 saturated carbocycles. The van der Waals surface area contributed by atoms with Crippen LogP contribution >= 0.6 is 0 Å². The lowest BCUT2D eigenvalue weighted by atomic mass is 9.84. The van der Waals surface area contributed by atoms with Crippen LogP contribution in [0.2, 0.25) is 0 Å². The molecule has 1 atom stereocenters. The Labute approximate surface area is 142 Å². The van der Waals surface area contributed by atoms with Crippen molar-refractivity contribution in [2.24, 2.45) is 0 Å². The number of benzene rings is 1. The third-order valence-electron chi connectivity index (χ3n) is 5.11. The predicted octanol–water partition coefficient (Wildman–Crippen LogP) is 1.30. The van der Waals surface area contributed by atoms with Crippen LogP contribution in [0.3, 0.4) is 0 Å². The molecular formula is C18H25N3O3. The summed E-state index contributed by atoms with van der Waals surface area (Å²) in [6.45, 7) is 4.23. The minimum absolute atomic E-state index is 0.0971. The highest BCUT2D eigenvalue weighted by Gasteiger charge is 2.36. The number of piperidine rings is 1. The summed E-state index contributed by atoms with van der Waals surface area (Å²) in [5.41, 5.74) is 0.0467. The Balaban J connectivity index is 1.53. The van der Waals surface area contributed by atoms with Crippen molar-refractivity contribution in [1.82, 2.24) is 15.1 Å². The topological polar surface area (TPSA) is 72.9 Å². The Morgan fingerprint density at radius 3 is 2.54 bits per heavy atom. The number of carbonyl (C=O) groups is 2. The summed E-state index contributed by atoms with van der Waals surface area (Å²) in [7, 11) is 0. The molecule has 2 aliphatic rings. The molecule has 0 aliphatic carbocycles. The van der Waals surface area contributed by atoms with E-state index in [0.29, 0.717) is 45.4 Å². The lowest BCUT2D eigenvalue weighted by Gasteiger charge is -2.38. The summed E-state index contributed by atoms with van der Waals surface area (Å²) in [6, 6.07) is 9.38. The van der Waals surface area contributed by atoms with Crippen LogP contribution < -0.4 is 5.32 Å². The van der Waals surface area contributed by atoms with Gasteiger partial charge in [0.25, 0.3) is 0 Å². The van der Waals surface area contributed by atoms with Crippen LogP contribution in [0.25, 0.3) is 0 Å². The van der Waals surface area contributed by atoms with Crippen LogP contribution in [0.15, 0.2) is 30.3 Å². The summed E-state index contributed by atoms with van der Waals surface area (Å²) < 4.78 is 0. The minimum atomic E-state index is -0.861. The highest BCUT2D eigenvalue weighted by Crippen LogP contribution is 2.32. The number of aliphatic hydroxyl groups is 1. The average Bonchev–Trinajstić information content (AvgIpc) is 2.95. The minimum Gasteiger partial charge on any atom is -0.385 e. The first-order valence-corrected chi connectivity index (χ1v) is 8.63. The summed E-state index contributed by atoms with van der Waals surface area (Å²) in [6.07, 6.45) is 1.42. The quantitative estimate of drug-likeness (QED) is 0.877. The third kappa shape index (κ3) is 3.38. The van der Waals surface area contributed by atoms with Crippen LogP contribution in [-0.2, 0) is 10.4 Å². The molecule has 0 radical (unpaired) electrons. The molecule has 2 aliphatic heterocycles. The van der Waals surface area contributed by atoms with E-state index in [1.165, 1.54) is 0 Å². The first-order valence-electron chi connectivity index (χ1n) is 8.63. The number of urea groups is 1. The number of likely N-dealkylation sites (tertiary alicyclic amines) is 2. The number of carbonyl (C=O) groups excluding carboxylic acids is 2. The smallest absolute Gasteiger partial charge is 0.317 e. The van der Waals surface area contributed by atoms with Crippen molar-refractivity contribution in [3.8, 4) is 0 Å². The van der Waals surface area contributed by atoms with Crippen LogP contribution in [0.5, 0.6) is 0 Å². The fourth-order valence-corrected chi connectivity index (χ4v) is 3.56. The van der Waals surface area contributed by atoms with Gasteiger partial charge in [0.05, 0.1) is 11.6 Å². The molecule has 2 fully saturated rings. The number of hydrogen-bond donors (Lipinski definition) is 2. The lowest BCUT2D eigenvalue weighted by Crippen LogP contribution is -2.51. The zero-order valence-electron chi connectivity index (χ0n) is 14.1. The van der Waals surface area contributed by atoms with Crippen molar-refractivity contribution in [3.63, 3.8) is 0 Å². The molecule has 2 heterocycles. The van der Waals surface area contributed by atoms with Crippen LogP contribution in [0.1, 0.15) is 31.7 Å². The third-order valence-corrected chi connectivity index (χ3v) is 5.11. The Hall–Kier alpha value is -2.08. The summed E-state index contributed by atoms with van der Waals surface area (Å²) in [5.74, 6) is 0.0971. The molecule has 0 spiro atoms. The molecule has 0 bridgehead atoms. The van der Waals surface area contributed by atoms with E-state index < -0.39 is 5.60 Å². The maximum absolute atomic E-state index is 12.4. The van der Waals surface area contributed by atoms with E-state index in [0.717, 1.165) is 5.56 Å². The van der Waals surface area contributed by atoms with Gasteiger partial charge in [-0.15, -0.1) is 0 Å². The average molecular weight is 331 g/mol. The van der Waals surface area contributed by atoms with E-state index in [-0.39, 0.29) is 18.0 Å². The summed E-state index contributed by atoms with van der Waals surface area (Å²) in [4.78, 5) is 27.6. The number of nitrogens with zero attached hydrogens (tertiary/aromatic N) is 2. The van der Waals surface area contributed by atoms with Gasteiger partial charge in [-0.05, 0) is 25.3 Å². The molecule has 6 nitrogen and oxygen atoms in total. The molecule has 3 rings (SSSR count). The van der Waals surface area contributed by atoms with Gasteiger partial charge in [-0.2, -0.15) is 0 Å². The molecule has 0 aromatic heterocycles. The normalized spacial score (nSPS) is 23.4. The van der Waals surface area contributed by atoms with Crippen molar-refractivity contribution in [2.75, 3.05) is 26.2 Å². The Morgan fingerprint density at radius 2 is 1.96 bits per heavy atom. The number of likely N-dealkylation sites (N-methyl/N-ethyl adjacent to an activating group) is 1. The van der Waals surface area contributed by atoms with Gasteiger partial charge in [0.1, 0.15) is 0 Å². The van der Waals surface area contributed by atoms with Gasteiger partial charge < -0.3 is 20.2 Å². The van der Waals surface area contributed by atoms with Gasteiger partial charge >= 0.3 is 6.03 Å². The largest absolute Gasteiger partial charge is 0.385 e. The Morgan fingerprint density at radius 1 is 1.29 bits per heavy atom. The SMILES string of the molecule is CCN1CC(NC(=O)N2CCC(O)(c3ccccc3)CC2)CC1=O. The first kappa shape index (κ1) is 16.8. The molecule has 130 valence electrons. The number of nitrogens with one attached hydrogen (secondary N) is 1. The number of rotatable bonds is 3. The van der Waals surface area contributed by atoms with E-state index in [1.54, 1.807) is 9.80 Å². The van der Waals surface area contributed by atoms with Crippen molar-refractivity contribution in [1.29, 1.82) is 0 Å². The van der Waals surface area contributed by atoms with Crippen LogP contribution in [-0.4, -0.2) is 59.1 Å². The van der Waals surface area contributed by atoms with Crippen LogP contribution in [0.4, 0.5) is 4.79 Å². The lowest BCUT2D eigenvalue weighted by molar-refractivity contribution is -0.127. The van der Waals surface area contributed by atoms with E-state index in [2.05, 4.69) is 5.32 Å². The maximum atomic E-state index is 12.4. The molecule has 1 aromatic rings. The van der Waals surface area contributed by atoms with Crippen LogP contribution in [0, 0.1) is 0 Å². The zero-order chi connectivity index (χ0) is 17.2. The van der Waals surface area contributed by atoms with Crippen molar-refractivity contribution in [3.05, 3.63) is 35.9 Å². The van der Waals surface area contributed by atoms with E-state index in [1.807, 2.05) is 37.3 Å². The van der Waals surface area contributed by atoms with Crippen molar-refractivity contribution >= 4 is 11.9 Å². The second-order valence-corrected chi connectivity index (χ2v) is 6.67. The zero-order valence-corrected chi connectivity index (χ0v) is 14.1.